The van der Waals surface area contributed by atoms with Crippen molar-refractivity contribution in [1.29, 1.82) is 0 Å². The van der Waals surface area contributed by atoms with Crippen LogP contribution in [0.1, 0.15) is 11.5 Å². The lowest BCUT2D eigenvalue weighted by Crippen LogP contribution is -2.52. The zero-order valence-corrected chi connectivity index (χ0v) is 21.6. The van der Waals surface area contributed by atoms with E-state index in [0.29, 0.717) is 37.6 Å². The Morgan fingerprint density at radius 3 is 2.25 bits per heavy atom. The van der Waals surface area contributed by atoms with E-state index in [4.69, 9.17) is 14.0 Å². The van der Waals surface area contributed by atoms with Crippen LogP contribution in [0.2, 0.25) is 0 Å². The Morgan fingerprint density at radius 1 is 1.00 bits per heavy atom. The van der Waals surface area contributed by atoms with Crippen LogP contribution in [0.25, 0.3) is 0 Å². The minimum absolute atomic E-state index is 0.0351. The molecule has 3 aromatic rings. The number of hydrogen-bond acceptors (Lipinski definition) is 8. The fraction of sp³-hybridized carbons (Fsp3) is 0.360. The molecule has 2 aromatic carbocycles. The van der Waals surface area contributed by atoms with Gasteiger partial charge >= 0.3 is 0 Å². The first kappa shape index (κ1) is 25.4. The number of benzene rings is 2. The van der Waals surface area contributed by atoms with Gasteiger partial charge in [0.15, 0.2) is 10.7 Å². The van der Waals surface area contributed by atoms with Crippen molar-refractivity contribution in [3.63, 3.8) is 0 Å². The van der Waals surface area contributed by atoms with Gasteiger partial charge in [0, 0.05) is 26.2 Å². The minimum atomic E-state index is -4.13. The predicted octanol–water partition coefficient (Wildman–Crippen LogP) is 2.85. The maximum Gasteiger partial charge on any atom is 0.270 e. The molecule has 1 aliphatic heterocycles. The van der Waals surface area contributed by atoms with Gasteiger partial charge in [-0.1, -0.05) is 17.3 Å². The molecule has 1 aliphatic rings. The molecular weight excluding hydrogens is 484 g/mol. The molecule has 2 heterocycles. The summed E-state index contributed by atoms with van der Waals surface area (Å²) in [5.41, 5.74) is 1.55. The molecule has 1 saturated heterocycles. The number of piperazine rings is 1. The van der Waals surface area contributed by atoms with Gasteiger partial charge in [0.1, 0.15) is 23.7 Å². The molecule has 0 spiro atoms. The number of anilines is 2. The lowest BCUT2D eigenvalue weighted by molar-refractivity contribution is -0.129. The summed E-state index contributed by atoms with van der Waals surface area (Å²) >= 11 is 0. The molecule has 1 fully saturated rings. The molecule has 36 heavy (non-hydrogen) atoms. The number of aromatic nitrogens is 1. The molecule has 1 aromatic heterocycles. The molecule has 0 N–H and O–H groups in total. The van der Waals surface area contributed by atoms with Crippen LogP contribution < -0.4 is 18.7 Å². The van der Waals surface area contributed by atoms with E-state index in [-0.39, 0.29) is 28.8 Å². The fourth-order valence-corrected chi connectivity index (χ4v) is 6.04. The molecule has 11 heteroatoms. The van der Waals surface area contributed by atoms with E-state index in [0.717, 1.165) is 15.7 Å². The Morgan fingerprint density at radius 2 is 1.67 bits per heavy atom. The quantitative estimate of drug-likeness (QED) is 0.452. The topological polar surface area (TPSA) is 105 Å². The van der Waals surface area contributed by atoms with Crippen molar-refractivity contribution in [2.75, 3.05) is 56.1 Å². The molecule has 192 valence electrons. The molecular formula is C25H30N4O6S. The number of carbonyl (C=O) groups is 1. The molecule has 0 unspecified atom stereocenters. The Hall–Kier alpha value is -3.73. The number of aryl methyl sites for hydroxylation is 2. The Bertz CT molecular complexity index is 1300. The van der Waals surface area contributed by atoms with Crippen molar-refractivity contribution in [2.24, 2.45) is 0 Å². The second kappa shape index (κ2) is 10.5. The zero-order chi connectivity index (χ0) is 25.9. The average molecular weight is 515 g/mol. The number of rotatable bonds is 8. The highest BCUT2D eigenvalue weighted by molar-refractivity contribution is 7.93. The lowest BCUT2D eigenvalue weighted by atomic mass is 10.2. The Labute approximate surface area is 211 Å². The number of ether oxygens (including phenoxy) is 2. The SMILES string of the molecule is COc1ccc(N(CC(=O)N2CCN(c3ccccc3OC)CC2)S(=O)(=O)c2c(C)noc2C)cc1. The standard InChI is InChI=1S/C25H30N4O6S/c1-18-25(19(2)35-26-18)36(31,32)29(20-9-11-21(33-3)12-10-20)17-24(30)28-15-13-27(14-16-28)22-7-5-6-8-23(22)34-4/h5-12H,13-17H2,1-4H3. The molecule has 10 nitrogen and oxygen atoms in total. The average Bonchev–Trinajstić information content (AvgIpc) is 3.25. The normalized spacial score (nSPS) is 14.0. The molecule has 0 saturated carbocycles. The van der Waals surface area contributed by atoms with Crippen LogP contribution in [0.4, 0.5) is 11.4 Å². The minimum Gasteiger partial charge on any atom is -0.497 e. The molecule has 0 aliphatic carbocycles. The largest absolute Gasteiger partial charge is 0.497 e. The molecule has 0 bridgehead atoms. The summed E-state index contributed by atoms with van der Waals surface area (Å²) in [5, 5.41) is 3.79. The van der Waals surface area contributed by atoms with Crippen molar-refractivity contribution in [3.8, 4) is 11.5 Å². The van der Waals surface area contributed by atoms with Gasteiger partial charge in [0.2, 0.25) is 5.91 Å². The first-order valence-corrected chi connectivity index (χ1v) is 13.0. The highest BCUT2D eigenvalue weighted by Gasteiger charge is 2.34. The number of carbonyl (C=O) groups excluding carboxylic acids is 1. The van der Waals surface area contributed by atoms with Gasteiger partial charge < -0.3 is 23.8 Å². The van der Waals surface area contributed by atoms with Gasteiger partial charge in [-0.2, -0.15) is 0 Å². The number of para-hydroxylation sites is 2. The van der Waals surface area contributed by atoms with Crippen LogP contribution >= 0.6 is 0 Å². The maximum atomic E-state index is 13.7. The van der Waals surface area contributed by atoms with Gasteiger partial charge in [-0.05, 0) is 50.2 Å². The van der Waals surface area contributed by atoms with Crippen LogP contribution in [0.3, 0.4) is 0 Å². The smallest absolute Gasteiger partial charge is 0.270 e. The van der Waals surface area contributed by atoms with Gasteiger partial charge in [0.25, 0.3) is 10.0 Å². The van der Waals surface area contributed by atoms with E-state index in [2.05, 4.69) is 10.1 Å². The second-order valence-corrected chi connectivity index (χ2v) is 10.2. The van der Waals surface area contributed by atoms with Crippen molar-refractivity contribution >= 4 is 27.3 Å². The van der Waals surface area contributed by atoms with E-state index < -0.39 is 10.0 Å². The predicted molar refractivity (Wildman–Crippen MR) is 135 cm³/mol. The summed E-state index contributed by atoms with van der Waals surface area (Å²) in [6, 6.07) is 14.3. The molecule has 0 radical (unpaired) electrons. The summed E-state index contributed by atoms with van der Waals surface area (Å²) in [6.45, 7) is 4.87. The van der Waals surface area contributed by atoms with E-state index >= 15 is 0 Å². The molecule has 1 amide bonds. The third kappa shape index (κ3) is 4.97. The van der Waals surface area contributed by atoms with Crippen molar-refractivity contribution in [1.82, 2.24) is 10.1 Å². The van der Waals surface area contributed by atoms with Crippen LogP contribution in [0.5, 0.6) is 11.5 Å². The van der Waals surface area contributed by atoms with Crippen molar-refractivity contribution < 1.29 is 27.2 Å². The molecule has 0 atom stereocenters. The van der Waals surface area contributed by atoms with E-state index in [9.17, 15) is 13.2 Å². The molecule has 4 rings (SSSR count). The summed E-state index contributed by atoms with van der Waals surface area (Å²) in [6.07, 6.45) is 0. The van der Waals surface area contributed by atoms with E-state index in [1.807, 2.05) is 24.3 Å². The van der Waals surface area contributed by atoms with Crippen LogP contribution in [0, 0.1) is 13.8 Å². The number of hydrogen-bond donors (Lipinski definition) is 0. The first-order chi connectivity index (χ1) is 17.3. The zero-order valence-electron chi connectivity index (χ0n) is 20.8. The summed E-state index contributed by atoms with van der Waals surface area (Å²) in [4.78, 5) is 17.2. The monoisotopic (exact) mass is 514 g/mol. The van der Waals surface area contributed by atoms with Gasteiger partial charge in [-0.15, -0.1) is 0 Å². The van der Waals surface area contributed by atoms with Gasteiger partial charge in [-0.3, -0.25) is 9.10 Å². The van der Waals surface area contributed by atoms with Crippen LogP contribution in [-0.2, 0) is 14.8 Å². The van der Waals surface area contributed by atoms with Crippen LogP contribution in [0.15, 0.2) is 57.9 Å². The Balaban J connectivity index is 1.56. The highest BCUT2D eigenvalue weighted by atomic mass is 32.2. The van der Waals surface area contributed by atoms with E-state index in [1.54, 1.807) is 43.2 Å². The van der Waals surface area contributed by atoms with Gasteiger partial charge in [0.05, 0.1) is 25.6 Å². The first-order valence-electron chi connectivity index (χ1n) is 11.5. The summed E-state index contributed by atoms with van der Waals surface area (Å²) < 4.78 is 44.3. The maximum absolute atomic E-state index is 13.7. The summed E-state index contributed by atoms with van der Waals surface area (Å²) in [7, 11) is -0.966. The number of nitrogens with zero attached hydrogens (tertiary/aromatic N) is 4. The van der Waals surface area contributed by atoms with Crippen LogP contribution in [-0.4, -0.2) is 71.3 Å². The third-order valence-electron chi connectivity index (χ3n) is 6.21. The fourth-order valence-electron chi connectivity index (χ4n) is 4.33. The number of sulfonamides is 1. The second-order valence-electron chi connectivity index (χ2n) is 8.40. The van der Waals surface area contributed by atoms with Crippen molar-refractivity contribution in [3.05, 3.63) is 60.0 Å². The summed E-state index contributed by atoms with van der Waals surface area (Å²) in [5.74, 6) is 1.23. The van der Waals surface area contributed by atoms with E-state index in [1.165, 1.54) is 14.0 Å². The Kier molecular flexibility index (Phi) is 7.39. The lowest BCUT2D eigenvalue weighted by Gasteiger charge is -2.37. The van der Waals surface area contributed by atoms with Gasteiger partial charge in [-0.25, -0.2) is 8.42 Å². The number of methoxy groups -OCH3 is 2. The third-order valence-corrected chi connectivity index (χ3v) is 8.23. The highest BCUT2D eigenvalue weighted by Crippen LogP contribution is 2.30. The number of amides is 1. The van der Waals surface area contributed by atoms with Crippen molar-refractivity contribution in [2.45, 2.75) is 18.7 Å².